The molecule has 86 valence electrons. The predicted octanol–water partition coefficient (Wildman–Crippen LogP) is 2.15. The zero-order chi connectivity index (χ0) is 12.0. The molecule has 0 bridgehead atoms. The summed E-state index contributed by atoms with van der Waals surface area (Å²) in [5.74, 6) is -0.0715. The molecule has 1 amide bonds. The zero-order valence-electron chi connectivity index (χ0n) is 9.49. The van der Waals surface area contributed by atoms with Crippen LogP contribution >= 0.6 is 12.2 Å². The van der Waals surface area contributed by atoms with Gasteiger partial charge in [0, 0.05) is 6.42 Å². The van der Waals surface area contributed by atoms with Gasteiger partial charge in [-0.3, -0.25) is 4.79 Å². The van der Waals surface area contributed by atoms with Crippen molar-refractivity contribution in [1.29, 1.82) is 0 Å². The second-order valence-electron chi connectivity index (χ2n) is 3.51. The Kier molecular flexibility index (Phi) is 4.92. The Morgan fingerprint density at radius 3 is 2.56 bits per heavy atom. The summed E-state index contributed by atoms with van der Waals surface area (Å²) >= 11 is 5.03. The van der Waals surface area contributed by atoms with Crippen LogP contribution in [0.5, 0.6) is 0 Å². The molecule has 0 aliphatic rings. The topological polar surface area (TPSA) is 41.1 Å². The molecule has 2 N–H and O–H groups in total. The standard InChI is InChI=1S/C12H16N2OS/c1-3-11(15)14-12(16)13-9(2)10-7-5-4-6-8-10/h4-9H,3H2,1-2H3,(H2,13,14,15,16). The highest BCUT2D eigenvalue weighted by molar-refractivity contribution is 7.80. The smallest absolute Gasteiger partial charge is 0.225 e. The summed E-state index contributed by atoms with van der Waals surface area (Å²) in [4.78, 5) is 11.1. The van der Waals surface area contributed by atoms with Gasteiger partial charge >= 0.3 is 0 Å². The lowest BCUT2D eigenvalue weighted by atomic mass is 10.1. The van der Waals surface area contributed by atoms with Crippen LogP contribution in [0.2, 0.25) is 0 Å². The van der Waals surface area contributed by atoms with Gasteiger partial charge in [-0.05, 0) is 24.7 Å². The predicted molar refractivity (Wildman–Crippen MR) is 69.0 cm³/mol. The summed E-state index contributed by atoms with van der Waals surface area (Å²) in [7, 11) is 0. The zero-order valence-corrected chi connectivity index (χ0v) is 10.3. The molecule has 0 saturated carbocycles. The Balaban J connectivity index is 2.49. The monoisotopic (exact) mass is 236 g/mol. The van der Waals surface area contributed by atoms with Crippen molar-refractivity contribution in [2.45, 2.75) is 26.3 Å². The summed E-state index contributed by atoms with van der Waals surface area (Å²) in [5.41, 5.74) is 1.13. The first-order valence-corrected chi connectivity index (χ1v) is 5.69. The summed E-state index contributed by atoms with van der Waals surface area (Å²) in [6.07, 6.45) is 0.432. The van der Waals surface area contributed by atoms with E-state index in [9.17, 15) is 4.79 Å². The fourth-order valence-electron chi connectivity index (χ4n) is 1.27. The lowest BCUT2D eigenvalue weighted by molar-refractivity contribution is -0.119. The highest BCUT2D eigenvalue weighted by atomic mass is 32.1. The van der Waals surface area contributed by atoms with Gasteiger partial charge in [-0.25, -0.2) is 0 Å². The van der Waals surface area contributed by atoms with Crippen LogP contribution < -0.4 is 10.6 Å². The van der Waals surface area contributed by atoms with Gasteiger partial charge in [0.25, 0.3) is 0 Å². The second kappa shape index (κ2) is 6.23. The minimum Gasteiger partial charge on any atom is -0.356 e. The normalized spacial score (nSPS) is 11.6. The van der Waals surface area contributed by atoms with Crippen molar-refractivity contribution in [3.8, 4) is 0 Å². The van der Waals surface area contributed by atoms with Crippen LogP contribution in [-0.2, 0) is 4.79 Å². The van der Waals surface area contributed by atoms with Crippen LogP contribution in [0, 0.1) is 0 Å². The summed E-state index contributed by atoms with van der Waals surface area (Å²) in [6.45, 7) is 3.79. The molecule has 0 saturated heterocycles. The largest absolute Gasteiger partial charge is 0.356 e. The van der Waals surface area contributed by atoms with Crippen molar-refractivity contribution >= 4 is 23.2 Å². The third-order valence-corrected chi connectivity index (χ3v) is 2.44. The van der Waals surface area contributed by atoms with Crippen molar-refractivity contribution in [2.75, 3.05) is 0 Å². The average Bonchev–Trinajstić information content (AvgIpc) is 2.29. The van der Waals surface area contributed by atoms with E-state index in [1.165, 1.54) is 0 Å². The molecule has 16 heavy (non-hydrogen) atoms. The molecule has 1 atom stereocenters. The van der Waals surface area contributed by atoms with Crippen LogP contribution in [0.15, 0.2) is 30.3 Å². The quantitative estimate of drug-likeness (QED) is 0.790. The molecule has 0 aliphatic heterocycles. The molecule has 0 fully saturated rings. The minimum atomic E-state index is -0.0715. The van der Waals surface area contributed by atoms with Gasteiger partial charge < -0.3 is 10.6 Å². The van der Waals surface area contributed by atoms with Gasteiger partial charge in [-0.1, -0.05) is 37.3 Å². The Bertz CT molecular complexity index is 365. The summed E-state index contributed by atoms with van der Waals surface area (Å²) < 4.78 is 0. The number of nitrogens with one attached hydrogen (secondary N) is 2. The number of carbonyl (C=O) groups excluding carboxylic acids is 1. The molecule has 0 aliphatic carbocycles. The summed E-state index contributed by atoms with van der Waals surface area (Å²) in [5, 5.41) is 6.05. The van der Waals surface area contributed by atoms with Crippen molar-refractivity contribution in [3.63, 3.8) is 0 Å². The molecular weight excluding hydrogens is 220 g/mol. The first kappa shape index (κ1) is 12.6. The maximum absolute atomic E-state index is 11.1. The van der Waals surface area contributed by atoms with E-state index in [1.807, 2.05) is 37.3 Å². The summed E-state index contributed by atoms with van der Waals surface area (Å²) in [6, 6.07) is 10.0. The van der Waals surface area contributed by atoms with Crippen molar-refractivity contribution in [2.24, 2.45) is 0 Å². The Labute approximate surface area is 101 Å². The van der Waals surface area contributed by atoms with Crippen LogP contribution in [0.4, 0.5) is 0 Å². The molecule has 1 rings (SSSR count). The second-order valence-corrected chi connectivity index (χ2v) is 3.92. The highest BCUT2D eigenvalue weighted by Gasteiger charge is 2.07. The van der Waals surface area contributed by atoms with Crippen LogP contribution in [0.3, 0.4) is 0 Å². The Morgan fingerprint density at radius 1 is 1.38 bits per heavy atom. The van der Waals surface area contributed by atoms with Crippen LogP contribution in [0.25, 0.3) is 0 Å². The van der Waals surface area contributed by atoms with Gasteiger partial charge in [0.2, 0.25) is 5.91 Å². The molecule has 0 radical (unpaired) electrons. The molecule has 0 heterocycles. The SMILES string of the molecule is CCC(=O)NC(=S)NC(C)c1ccccc1. The van der Waals surface area contributed by atoms with E-state index in [1.54, 1.807) is 6.92 Å². The van der Waals surface area contributed by atoms with Crippen molar-refractivity contribution in [3.05, 3.63) is 35.9 Å². The number of hydrogen-bond acceptors (Lipinski definition) is 2. The molecule has 0 spiro atoms. The number of benzene rings is 1. The van der Waals surface area contributed by atoms with E-state index < -0.39 is 0 Å². The molecule has 0 aromatic heterocycles. The molecule has 1 unspecified atom stereocenters. The van der Waals surface area contributed by atoms with Gasteiger partial charge in [0.1, 0.15) is 0 Å². The van der Waals surface area contributed by atoms with Gasteiger partial charge in [0.05, 0.1) is 6.04 Å². The van der Waals surface area contributed by atoms with E-state index in [0.29, 0.717) is 11.5 Å². The molecule has 1 aromatic rings. The third kappa shape index (κ3) is 3.98. The molecule has 3 nitrogen and oxygen atoms in total. The van der Waals surface area contributed by atoms with Crippen LogP contribution in [0.1, 0.15) is 31.9 Å². The Hall–Kier alpha value is -1.42. The molecule has 4 heteroatoms. The fourth-order valence-corrected chi connectivity index (χ4v) is 1.56. The number of thiocarbonyl (C=S) groups is 1. The average molecular weight is 236 g/mol. The molecule has 1 aromatic carbocycles. The van der Waals surface area contributed by atoms with Crippen LogP contribution in [-0.4, -0.2) is 11.0 Å². The lowest BCUT2D eigenvalue weighted by Crippen LogP contribution is -2.40. The fraction of sp³-hybridized carbons (Fsp3) is 0.333. The van der Waals surface area contributed by atoms with E-state index >= 15 is 0 Å². The van der Waals surface area contributed by atoms with E-state index in [2.05, 4.69) is 10.6 Å². The number of amides is 1. The minimum absolute atomic E-state index is 0.0715. The lowest BCUT2D eigenvalue weighted by Gasteiger charge is -2.16. The van der Waals surface area contributed by atoms with E-state index in [4.69, 9.17) is 12.2 Å². The van der Waals surface area contributed by atoms with Crippen molar-refractivity contribution in [1.82, 2.24) is 10.6 Å². The Morgan fingerprint density at radius 2 is 2.00 bits per heavy atom. The van der Waals surface area contributed by atoms with Gasteiger partial charge in [-0.2, -0.15) is 0 Å². The van der Waals surface area contributed by atoms with Crippen molar-refractivity contribution < 1.29 is 4.79 Å². The number of rotatable bonds is 3. The third-order valence-electron chi connectivity index (χ3n) is 2.22. The molecular formula is C12H16N2OS. The first-order valence-electron chi connectivity index (χ1n) is 5.28. The maximum atomic E-state index is 11.1. The maximum Gasteiger partial charge on any atom is 0.225 e. The number of carbonyl (C=O) groups is 1. The number of hydrogen-bond donors (Lipinski definition) is 2. The van der Waals surface area contributed by atoms with Gasteiger partial charge in [-0.15, -0.1) is 0 Å². The van der Waals surface area contributed by atoms with Gasteiger partial charge in [0.15, 0.2) is 5.11 Å². The first-order chi connectivity index (χ1) is 7.63. The van der Waals surface area contributed by atoms with E-state index in [-0.39, 0.29) is 11.9 Å². The highest BCUT2D eigenvalue weighted by Crippen LogP contribution is 2.10. The van der Waals surface area contributed by atoms with E-state index in [0.717, 1.165) is 5.56 Å².